The van der Waals surface area contributed by atoms with E-state index in [4.69, 9.17) is 9.72 Å². The van der Waals surface area contributed by atoms with Crippen LogP contribution in [0.2, 0.25) is 0 Å². The quantitative estimate of drug-likeness (QED) is 0.445. The molecule has 0 saturated carbocycles. The molecule has 1 N–H and O–H groups in total. The third kappa shape index (κ3) is 4.06. The molecule has 182 valence electrons. The molecule has 4 aromatic rings. The number of aromatic amines is 1. The number of anilines is 1. The molecule has 1 unspecified atom stereocenters. The first-order valence-electron chi connectivity index (χ1n) is 12.2. The lowest BCUT2D eigenvalue weighted by Crippen LogP contribution is -2.28. The van der Waals surface area contributed by atoms with Crippen LogP contribution >= 0.6 is 0 Å². The summed E-state index contributed by atoms with van der Waals surface area (Å²) in [5, 5.41) is 0. The largest absolute Gasteiger partial charge is 0.455 e. The highest BCUT2D eigenvalue weighted by molar-refractivity contribution is 5.94. The van der Waals surface area contributed by atoms with E-state index in [9.17, 15) is 9.59 Å². The Morgan fingerprint density at radius 2 is 2.03 bits per heavy atom. The number of hydrogen-bond acceptors (Lipinski definition) is 6. The average Bonchev–Trinajstić information content (AvgIpc) is 3.64. The number of fused-ring (bicyclic) bond motifs is 1. The number of amides is 2. The maximum Gasteiger partial charge on any atom is 0.228 e. The van der Waals surface area contributed by atoms with Gasteiger partial charge in [0, 0.05) is 44.3 Å². The van der Waals surface area contributed by atoms with Gasteiger partial charge in [-0.15, -0.1) is 0 Å². The average molecular weight is 483 g/mol. The zero-order valence-corrected chi connectivity index (χ0v) is 20.0. The zero-order valence-electron chi connectivity index (χ0n) is 20.0. The number of pyridine rings is 2. The van der Waals surface area contributed by atoms with E-state index in [0.29, 0.717) is 36.1 Å². The summed E-state index contributed by atoms with van der Waals surface area (Å²) in [5.41, 5.74) is 3.27. The predicted octanol–water partition coefficient (Wildman–Crippen LogP) is 4.62. The van der Waals surface area contributed by atoms with Crippen LogP contribution in [0, 0.1) is 0 Å². The fraction of sp³-hybridized carbons (Fsp3) is 0.296. The second kappa shape index (κ2) is 9.07. The summed E-state index contributed by atoms with van der Waals surface area (Å²) < 4.78 is 6.34. The number of likely N-dealkylation sites (tertiary alicyclic amines) is 1. The van der Waals surface area contributed by atoms with Crippen molar-refractivity contribution in [2.75, 3.05) is 18.0 Å². The van der Waals surface area contributed by atoms with E-state index in [1.165, 1.54) is 0 Å². The number of rotatable bonds is 5. The van der Waals surface area contributed by atoms with Crippen LogP contribution in [0.4, 0.5) is 5.82 Å². The fourth-order valence-corrected chi connectivity index (χ4v) is 5.10. The molecule has 3 aromatic heterocycles. The van der Waals surface area contributed by atoms with Gasteiger partial charge in [-0.25, -0.2) is 9.97 Å². The first kappa shape index (κ1) is 22.2. The second-order valence-electron chi connectivity index (χ2n) is 9.18. The highest BCUT2D eigenvalue weighted by Gasteiger charge is 2.31. The molecule has 2 saturated heterocycles. The van der Waals surface area contributed by atoms with Gasteiger partial charge in [-0.2, -0.15) is 0 Å². The Morgan fingerprint density at radius 3 is 2.75 bits per heavy atom. The van der Waals surface area contributed by atoms with E-state index in [0.717, 1.165) is 48.1 Å². The number of ether oxygens (including phenoxy) is 1. The Morgan fingerprint density at radius 1 is 1.11 bits per heavy atom. The lowest BCUT2D eigenvalue weighted by molar-refractivity contribution is -0.129. The smallest absolute Gasteiger partial charge is 0.228 e. The molecule has 2 amide bonds. The van der Waals surface area contributed by atoms with Crippen LogP contribution in [-0.4, -0.2) is 49.7 Å². The lowest BCUT2D eigenvalue weighted by Gasteiger charge is -2.25. The van der Waals surface area contributed by atoms with Crippen molar-refractivity contribution >= 4 is 28.7 Å². The van der Waals surface area contributed by atoms with E-state index < -0.39 is 0 Å². The molecule has 0 aliphatic carbocycles. The van der Waals surface area contributed by atoms with E-state index in [2.05, 4.69) is 15.0 Å². The number of carbonyl (C=O) groups excluding carboxylic acids is 2. The van der Waals surface area contributed by atoms with Crippen molar-refractivity contribution in [3.8, 4) is 23.0 Å². The number of benzene rings is 1. The minimum absolute atomic E-state index is 0.0450. The summed E-state index contributed by atoms with van der Waals surface area (Å²) in [4.78, 5) is 45.0. The van der Waals surface area contributed by atoms with Gasteiger partial charge in [0.2, 0.25) is 11.8 Å². The molecule has 1 aromatic carbocycles. The van der Waals surface area contributed by atoms with Crippen molar-refractivity contribution in [2.45, 2.75) is 38.6 Å². The third-order valence-corrected chi connectivity index (χ3v) is 6.84. The van der Waals surface area contributed by atoms with Gasteiger partial charge in [-0.05, 0) is 49.6 Å². The number of nitrogens with one attached hydrogen (secondary N) is 1. The summed E-state index contributed by atoms with van der Waals surface area (Å²) in [6, 6.07) is 13.2. The highest BCUT2D eigenvalue weighted by atomic mass is 16.5. The Balaban J connectivity index is 1.38. The van der Waals surface area contributed by atoms with E-state index >= 15 is 0 Å². The topological polar surface area (TPSA) is 104 Å². The van der Waals surface area contributed by atoms with Gasteiger partial charge in [0.15, 0.2) is 5.82 Å². The molecule has 2 fully saturated rings. The first-order chi connectivity index (χ1) is 17.6. The molecule has 6 rings (SSSR count). The van der Waals surface area contributed by atoms with Gasteiger partial charge >= 0.3 is 0 Å². The number of nitrogens with zero attached hydrogens (tertiary/aromatic N) is 5. The molecular weight excluding hydrogens is 456 g/mol. The highest BCUT2D eigenvalue weighted by Crippen LogP contribution is 2.41. The molecular formula is C27H26N6O3. The number of imidazole rings is 1. The van der Waals surface area contributed by atoms with Crippen molar-refractivity contribution in [2.24, 2.45) is 0 Å². The first-order valence-corrected chi connectivity index (χ1v) is 12.2. The van der Waals surface area contributed by atoms with Gasteiger partial charge in [0.25, 0.3) is 0 Å². The number of H-pyrrole nitrogens is 1. The van der Waals surface area contributed by atoms with Crippen LogP contribution in [0.5, 0.6) is 11.5 Å². The van der Waals surface area contributed by atoms with E-state index in [1.807, 2.05) is 47.4 Å². The molecule has 36 heavy (non-hydrogen) atoms. The molecule has 0 spiro atoms. The summed E-state index contributed by atoms with van der Waals surface area (Å²) in [5.74, 6) is 2.63. The standard InChI is InChI=1S/C27H26N6O3/c1-17(34)32-12-4-7-23(32)19-14-21-22(31-27(30-21)20-6-2-3-11-28-20)15-24(19)36-18-9-10-25(29-16-18)33-13-5-8-26(33)35/h2-3,6,9-11,14-16,23H,4-5,7-8,12-13H2,1H3,(H,30,31). The van der Waals surface area contributed by atoms with Gasteiger partial charge in [-0.1, -0.05) is 6.07 Å². The van der Waals surface area contributed by atoms with Crippen LogP contribution in [0.25, 0.3) is 22.6 Å². The van der Waals surface area contributed by atoms with Crippen LogP contribution in [0.1, 0.15) is 44.2 Å². The molecule has 0 bridgehead atoms. The van der Waals surface area contributed by atoms with E-state index in [1.54, 1.807) is 24.2 Å². The summed E-state index contributed by atoms with van der Waals surface area (Å²) in [6.45, 7) is 3.02. The van der Waals surface area contributed by atoms with Gasteiger partial charge < -0.3 is 14.6 Å². The molecule has 0 radical (unpaired) electrons. The van der Waals surface area contributed by atoms with Crippen LogP contribution < -0.4 is 9.64 Å². The number of hydrogen-bond donors (Lipinski definition) is 1. The predicted molar refractivity (Wildman–Crippen MR) is 135 cm³/mol. The molecule has 2 aliphatic rings. The summed E-state index contributed by atoms with van der Waals surface area (Å²) >= 11 is 0. The van der Waals surface area contributed by atoms with Crippen molar-refractivity contribution in [1.82, 2.24) is 24.8 Å². The lowest BCUT2D eigenvalue weighted by atomic mass is 10.0. The molecule has 9 nitrogen and oxygen atoms in total. The maximum absolute atomic E-state index is 12.4. The monoisotopic (exact) mass is 482 g/mol. The summed E-state index contributed by atoms with van der Waals surface area (Å²) in [6.07, 6.45) is 6.57. The Bertz CT molecular complexity index is 1430. The number of aromatic nitrogens is 4. The van der Waals surface area contributed by atoms with Crippen LogP contribution in [0.3, 0.4) is 0 Å². The summed E-state index contributed by atoms with van der Waals surface area (Å²) in [7, 11) is 0. The molecule has 5 heterocycles. The molecule has 1 atom stereocenters. The number of carbonyl (C=O) groups is 2. The SMILES string of the molecule is CC(=O)N1CCCC1c1cc2[nH]c(-c3ccccn3)nc2cc1Oc1ccc(N2CCCC2=O)nc1. The van der Waals surface area contributed by atoms with Crippen molar-refractivity contribution in [1.29, 1.82) is 0 Å². The Labute approximate surface area is 208 Å². The van der Waals surface area contributed by atoms with Gasteiger partial charge in [-0.3, -0.25) is 19.5 Å². The Hall–Kier alpha value is -4.27. The van der Waals surface area contributed by atoms with Crippen molar-refractivity contribution in [3.05, 3.63) is 60.4 Å². The molecule has 2 aliphatic heterocycles. The molecule has 9 heteroatoms. The Kier molecular flexibility index (Phi) is 5.59. The second-order valence-corrected chi connectivity index (χ2v) is 9.18. The minimum Gasteiger partial charge on any atom is -0.455 e. The minimum atomic E-state index is -0.0852. The maximum atomic E-state index is 12.4. The normalized spacial score (nSPS) is 17.8. The third-order valence-electron chi connectivity index (χ3n) is 6.84. The fourth-order valence-electron chi connectivity index (χ4n) is 5.10. The van der Waals surface area contributed by atoms with Gasteiger partial charge in [0.1, 0.15) is 23.0 Å². The van der Waals surface area contributed by atoms with Crippen LogP contribution in [-0.2, 0) is 9.59 Å². The van der Waals surface area contributed by atoms with E-state index in [-0.39, 0.29) is 17.9 Å². The van der Waals surface area contributed by atoms with Gasteiger partial charge in [0.05, 0.1) is 23.3 Å². The van der Waals surface area contributed by atoms with Crippen molar-refractivity contribution < 1.29 is 14.3 Å². The van der Waals surface area contributed by atoms with Crippen molar-refractivity contribution in [3.63, 3.8) is 0 Å². The van der Waals surface area contributed by atoms with Crippen LogP contribution in [0.15, 0.2) is 54.9 Å². The zero-order chi connectivity index (χ0) is 24.6.